The molecule has 0 spiro atoms. The summed E-state index contributed by atoms with van der Waals surface area (Å²) in [5.74, 6) is -2.75. The van der Waals surface area contributed by atoms with Gasteiger partial charge in [0.15, 0.2) is 0 Å². The summed E-state index contributed by atoms with van der Waals surface area (Å²) in [5.41, 5.74) is 2.85. The largest absolute Gasteiger partial charge is 0.478 e. The molecule has 0 rings (SSSR count). The number of amides is 2. The summed E-state index contributed by atoms with van der Waals surface area (Å²) in [6.07, 6.45) is 0.819. The van der Waals surface area contributed by atoms with Crippen molar-refractivity contribution in [2.24, 2.45) is 11.1 Å². The molecule has 0 unspecified atom stereocenters. The minimum atomic E-state index is -2.20. The van der Waals surface area contributed by atoms with Crippen LogP contribution in [0.4, 0.5) is 0 Å². The van der Waals surface area contributed by atoms with Crippen molar-refractivity contribution in [1.29, 1.82) is 0 Å². The number of aliphatic carboxylic acids is 1. The van der Waals surface area contributed by atoms with Crippen molar-refractivity contribution < 1.29 is 19.5 Å². The fourth-order valence-corrected chi connectivity index (χ4v) is 3.61. The van der Waals surface area contributed by atoms with E-state index in [2.05, 4.69) is 50.5 Å². The van der Waals surface area contributed by atoms with Gasteiger partial charge in [-0.05, 0) is 18.6 Å². The summed E-state index contributed by atoms with van der Waals surface area (Å²) < 4.78 is 0. The van der Waals surface area contributed by atoms with Crippen LogP contribution in [0.5, 0.6) is 0 Å². The van der Waals surface area contributed by atoms with Crippen LogP contribution >= 0.6 is 50.5 Å². The Labute approximate surface area is 170 Å². The van der Waals surface area contributed by atoms with Crippen LogP contribution in [0.3, 0.4) is 0 Å². The SMILES string of the molecule is CCC(CC)(CS)C(=O)N(N(CS)C(=O)CCS)[C@@](N)(CS)C(=O)O. The van der Waals surface area contributed by atoms with Gasteiger partial charge in [0, 0.05) is 17.9 Å². The Morgan fingerprint density at radius 3 is 1.84 bits per heavy atom. The van der Waals surface area contributed by atoms with Crippen LogP contribution in [0, 0.1) is 5.41 Å². The lowest BCUT2D eigenvalue weighted by molar-refractivity contribution is -0.190. The number of carbonyl (C=O) groups is 3. The molecule has 0 aromatic carbocycles. The van der Waals surface area contributed by atoms with Crippen LogP contribution < -0.4 is 5.73 Å². The minimum Gasteiger partial charge on any atom is -0.478 e. The number of hydrogen-bond acceptors (Lipinski definition) is 8. The quantitative estimate of drug-likeness (QED) is 0.178. The molecule has 0 heterocycles. The van der Waals surface area contributed by atoms with Crippen molar-refractivity contribution in [1.82, 2.24) is 10.0 Å². The van der Waals surface area contributed by atoms with Gasteiger partial charge in [0.2, 0.25) is 11.6 Å². The van der Waals surface area contributed by atoms with Crippen molar-refractivity contribution in [3.63, 3.8) is 0 Å². The summed E-state index contributed by atoms with van der Waals surface area (Å²) in [5, 5.41) is 11.4. The van der Waals surface area contributed by atoms with E-state index < -0.39 is 28.9 Å². The standard InChI is InChI=1S/C14H27N3O4S4/c1-3-13(4-2,7-23)11(19)17(14(15,8-24)12(20)21)16(9-25)10(18)5-6-22/h22-25H,3-9,15H2,1-2H3,(H,20,21)/t14-/m0/s1. The molecule has 0 aliphatic heterocycles. The Bertz CT molecular complexity index is 482. The first-order valence-corrected chi connectivity index (χ1v) is 10.3. The summed E-state index contributed by atoms with van der Waals surface area (Å²) in [4.78, 5) is 37.6. The highest BCUT2D eigenvalue weighted by molar-refractivity contribution is 7.80. The van der Waals surface area contributed by atoms with E-state index in [-0.39, 0.29) is 29.6 Å². The molecule has 25 heavy (non-hydrogen) atoms. The third-order valence-electron chi connectivity index (χ3n) is 4.28. The van der Waals surface area contributed by atoms with Crippen molar-refractivity contribution >= 4 is 68.3 Å². The number of carboxylic acids is 1. The topological polar surface area (TPSA) is 104 Å². The Balaban J connectivity index is 6.38. The molecule has 0 saturated heterocycles. The van der Waals surface area contributed by atoms with Gasteiger partial charge in [-0.25, -0.2) is 14.8 Å². The monoisotopic (exact) mass is 429 g/mol. The zero-order valence-electron chi connectivity index (χ0n) is 14.4. The maximum Gasteiger partial charge on any atom is 0.347 e. The van der Waals surface area contributed by atoms with Gasteiger partial charge in [0.1, 0.15) is 0 Å². The van der Waals surface area contributed by atoms with Crippen LogP contribution in [0.2, 0.25) is 0 Å². The molecule has 11 heteroatoms. The number of nitrogens with two attached hydrogens (primary N) is 1. The van der Waals surface area contributed by atoms with Crippen molar-refractivity contribution in [2.75, 3.05) is 23.1 Å². The summed E-state index contributed by atoms with van der Waals surface area (Å²) in [6.45, 7) is 3.60. The van der Waals surface area contributed by atoms with Gasteiger partial charge in [-0.3, -0.25) is 15.3 Å². The molecule has 7 nitrogen and oxygen atoms in total. The number of hydrazine groups is 1. The Hall–Kier alpha value is -0.230. The molecule has 0 aliphatic rings. The lowest BCUT2D eigenvalue weighted by Crippen LogP contribution is -2.72. The van der Waals surface area contributed by atoms with Gasteiger partial charge >= 0.3 is 5.97 Å². The highest BCUT2D eigenvalue weighted by Crippen LogP contribution is 2.34. The minimum absolute atomic E-state index is 0.00183. The van der Waals surface area contributed by atoms with Crippen LogP contribution in [0.25, 0.3) is 0 Å². The van der Waals surface area contributed by atoms with E-state index >= 15 is 0 Å². The fourth-order valence-electron chi connectivity index (χ4n) is 2.28. The molecule has 1 atom stereocenters. The van der Waals surface area contributed by atoms with E-state index in [4.69, 9.17) is 5.73 Å². The maximum atomic E-state index is 13.3. The Morgan fingerprint density at radius 1 is 1.04 bits per heavy atom. The third kappa shape index (κ3) is 5.15. The predicted octanol–water partition coefficient (Wildman–Crippen LogP) is 1.17. The molecule has 2 amide bonds. The Morgan fingerprint density at radius 2 is 1.56 bits per heavy atom. The third-order valence-corrected chi connectivity index (χ3v) is 5.86. The lowest BCUT2D eigenvalue weighted by Gasteiger charge is -2.46. The maximum absolute atomic E-state index is 13.3. The molecule has 0 bridgehead atoms. The number of carboxylic acid groups (broad SMARTS) is 1. The number of hydrogen-bond donors (Lipinski definition) is 6. The molecule has 0 aliphatic carbocycles. The van der Waals surface area contributed by atoms with Crippen LogP contribution in [-0.4, -0.2) is 61.7 Å². The zero-order valence-corrected chi connectivity index (χ0v) is 18.0. The summed E-state index contributed by atoms with van der Waals surface area (Å²) >= 11 is 16.4. The molecule has 3 N–H and O–H groups in total. The average molecular weight is 430 g/mol. The number of rotatable bonds is 10. The van der Waals surface area contributed by atoms with E-state index in [1.807, 2.05) is 0 Å². The van der Waals surface area contributed by atoms with Crippen molar-refractivity contribution in [3.8, 4) is 0 Å². The molecule has 0 aromatic heterocycles. The molecular weight excluding hydrogens is 402 g/mol. The highest BCUT2D eigenvalue weighted by Gasteiger charge is 2.51. The normalized spacial score (nSPS) is 13.9. The molecule has 0 saturated carbocycles. The van der Waals surface area contributed by atoms with E-state index in [1.54, 1.807) is 13.8 Å². The average Bonchev–Trinajstić information content (AvgIpc) is 2.60. The Kier molecular flexibility index (Phi) is 10.7. The van der Waals surface area contributed by atoms with Gasteiger partial charge in [-0.15, -0.1) is 0 Å². The first kappa shape index (κ1) is 24.8. The first-order valence-electron chi connectivity index (χ1n) is 7.76. The second-order valence-corrected chi connectivity index (χ2v) is 6.92. The number of thiol groups is 4. The van der Waals surface area contributed by atoms with Crippen molar-refractivity contribution in [2.45, 2.75) is 38.8 Å². The molecule has 0 fully saturated rings. The van der Waals surface area contributed by atoms with Crippen LogP contribution in [-0.2, 0) is 14.4 Å². The summed E-state index contributed by atoms with van der Waals surface area (Å²) in [7, 11) is 0. The van der Waals surface area contributed by atoms with Crippen LogP contribution in [0.15, 0.2) is 0 Å². The zero-order chi connectivity index (χ0) is 19.8. The van der Waals surface area contributed by atoms with E-state index in [0.717, 1.165) is 10.0 Å². The second-order valence-electron chi connectivity index (χ2n) is 5.56. The second kappa shape index (κ2) is 10.8. The molecule has 0 aromatic rings. The van der Waals surface area contributed by atoms with Crippen LogP contribution in [0.1, 0.15) is 33.1 Å². The fraction of sp³-hybridized carbons (Fsp3) is 0.786. The van der Waals surface area contributed by atoms with Crippen molar-refractivity contribution in [3.05, 3.63) is 0 Å². The number of nitrogens with zero attached hydrogens (tertiary/aromatic N) is 2. The summed E-state index contributed by atoms with van der Waals surface area (Å²) in [6, 6.07) is 0. The smallest absolute Gasteiger partial charge is 0.347 e. The number of carbonyl (C=O) groups excluding carboxylic acids is 2. The lowest BCUT2D eigenvalue weighted by atomic mass is 9.82. The highest BCUT2D eigenvalue weighted by atomic mass is 32.1. The molecule has 0 radical (unpaired) electrons. The van der Waals surface area contributed by atoms with Gasteiger partial charge in [-0.1, -0.05) is 13.8 Å². The molecule has 146 valence electrons. The van der Waals surface area contributed by atoms with Gasteiger partial charge < -0.3 is 5.11 Å². The van der Waals surface area contributed by atoms with E-state index in [9.17, 15) is 19.5 Å². The molecular formula is C14H27N3O4S4. The van der Waals surface area contributed by atoms with E-state index in [1.165, 1.54) is 0 Å². The van der Waals surface area contributed by atoms with E-state index in [0.29, 0.717) is 12.8 Å². The van der Waals surface area contributed by atoms with Gasteiger partial charge in [0.25, 0.3) is 5.91 Å². The van der Waals surface area contributed by atoms with Gasteiger partial charge in [-0.2, -0.15) is 50.5 Å². The predicted molar refractivity (Wildman–Crippen MR) is 111 cm³/mol. The van der Waals surface area contributed by atoms with Gasteiger partial charge in [0.05, 0.1) is 11.3 Å². The first-order chi connectivity index (χ1) is 11.6.